The van der Waals surface area contributed by atoms with Gasteiger partial charge in [-0.15, -0.1) is 21.5 Å². The number of fused-ring (bicyclic) bond motifs is 1. The summed E-state index contributed by atoms with van der Waals surface area (Å²) in [5, 5.41) is 12.0. The van der Waals surface area contributed by atoms with Gasteiger partial charge in [-0.2, -0.15) is 0 Å². The third-order valence-corrected chi connectivity index (χ3v) is 6.90. The van der Waals surface area contributed by atoms with Gasteiger partial charge in [0.2, 0.25) is 0 Å². The summed E-state index contributed by atoms with van der Waals surface area (Å²) < 4.78 is 8.17. The van der Waals surface area contributed by atoms with Crippen molar-refractivity contribution in [2.24, 2.45) is 0 Å². The summed E-state index contributed by atoms with van der Waals surface area (Å²) in [7, 11) is 0. The highest BCUT2D eigenvalue weighted by Gasteiger charge is 2.17. The van der Waals surface area contributed by atoms with Crippen LogP contribution in [0.25, 0.3) is 27.3 Å². The second-order valence-corrected chi connectivity index (χ2v) is 9.31. The first-order valence-corrected chi connectivity index (χ1v) is 12.4. The topological polar surface area (TPSA) is 85.7 Å². The molecule has 5 rings (SSSR count). The van der Waals surface area contributed by atoms with Crippen LogP contribution in [-0.2, 0) is 5.75 Å². The molecule has 0 saturated carbocycles. The number of halogens is 1. The summed E-state index contributed by atoms with van der Waals surface area (Å²) in [5.74, 6) is 2.48. The van der Waals surface area contributed by atoms with E-state index in [1.54, 1.807) is 0 Å². The fourth-order valence-corrected chi connectivity index (χ4v) is 5.13. The predicted octanol–water partition coefficient (Wildman–Crippen LogP) is 5.58. The van der Waals surface area contributed by atoms with Crippen molar-refractivity contribution >= 4 is 44.9 Å². The largest absolute Gasteiger partial charge is 0.494 e. The fourth-order valence-electron chi connectivity index (χ4n) is 3.39. The lowest BCUT2D eigenvalue weighted by Crippen LogP contribution is -2.09. The van der Waals surface area contributed by atoms with Gasteiger partial charge in [-0.25, -0.2) is 4.98 Å². The van der Waals surface area contributed by atoms with E-state index in [0.717, 1.165) is 17.0 Å². The van der Waals surface area contributed by atoms with Crippen LogP contribution in [0, 0.1) is 0 Å². The van der Waals surface area contributed by atoms with Gasteiger partial charge in [0.1, 0.15) is 16.3 Å². The molecule has 0 saturated heterocycles. The summed E-state index contributed by atoms with van der Waals surface area (Å²) in [6.07, 6.45) is 0. The first-order valence-electron chi connectivity index (χ1n) is 10.2. The molecule has 0 fully saturated rings. The molecule has 3 aromatic heterocycles. The van der Waals surface area contributed by atoms with Gasteiger partial charge < -0.3 is 9.72 Å². The molecule has 33 heavy (non-hydrogen) atoms. The van der Waals surface area contributed by atoms with Crippen molar-refractivity contribution in [2.45, 2.75) is 17.8 Å². The Balaban J connectivity index is 1.52. The number of nitrogens with zero attached hydrogens (tertiary/aromatic N) is 4. The van der Waals surface area contributed by atoms with E-state index in [9.17, 15) is 4.79 Å². The van der Waals surface area contributed by atoms with E-state index >= 15 is 0 Å². The Bertz CT molecular complexity index is 1480. The van der Waals surface area contributed by atoms with Crippen molar-refractivity contribution in [1.82, 2.24) is 24.7 Å². The molecule has 0 bridgehead atoms. The smallest absolute Gasteiger partial charge is 0.268 e. The van der Waals surface area contributed by atoms with E-state index < -0.39 is 0 Å². The third-order valence-electron chi connectivity index (χ3n) is 4.82. The number of thioether (sulfide) groups is 1. The molecule has 0 aliphatic carbocycles. The predicted molar refractivity (Wildman–Crippen MR) is 133 cm³/mol. The Morgan fingerprint density at radius 3 is 2.79 bits per heavy atom. The van der Waals surface area contributed by atoms with Crippen LogP contribution in [0.15, 0.2) is 69.9 Å². The van der Waals surface area contributed by atoms with Gasteiger partial charge in [-0.05, 0) is 54.8 Å². The van der Waals surface area contributed by atoms with Crippen LogP contribution in [0.4, 0.5) is 0 Å². The summed E-state index contributed by atoms with van der Waals surface area (Å²) in [4.78, 5) is 19.7. The molecule has 0 spiro atoms. The first-order chi connectivity index (χ1) is 16.1. The van der Waals surface area contributed by atoms with E-state index in [1.807, 2.05) is 71.5 Å². The second-order valence-electron chi connectivity index (χ2n) is 7.02. The quantitative estimate of drug-likeness (QED) is 0.297. The van der Waals surface area contributed by atoms with E-state index in [-0.39, 0.29) is 5.56 Å². The minimum absolute atomic E-state index is 0.127. The molecule has 166 valence electrons. The average Bonchev–Trinajstić information content (AvgIpc) is 3.46. The lowest BCUT2D eigenvalue weighted by atomic mass is 10.2. The molecule has 0 aliphatic rings. The number of aromatic amines is 1. The number of H-pyrrole nitrogens is 1. The molecular weight excluding hydrogens is 478 g/mol. The second kappa shape index (κ2) is 9.38. The molecule has 0 radical (unpaired) electrons. The highest BCUT2D eigenvalue weighted by atomic mass is 35.5. The minimum atomic E-state index is -0.127. The van der Waals surface area contributed by atoms with E-state index in [2.05, 4.69) is 20.2 Å². The van der Waals surface area contributed by atoms with Gasteiger partial charge in [-0.3, -0.25) is 9.36 Å². The van der Waals surface area contributed by atoms with Crippen molar-refractivity contribution < 1.29 is 4.74 Å². The zero-order chi connectivity index (χ0) is 22.8. The molecule has 1 N–H and O–H groups in total. The van der Waals surface area contributed by atoms with E-state index in [1.165, 1.54) is 23.1 Å². The van der Waals surface area contributed by atoms with Crippen LogP contribution < -0.4 is 10.3 Å². The van der Waals surface area contributed by atoms with Crippen molar-refractivity contribution in [3.8, 4) is 22.8 Å². The maximum Gasteiger partial charge on any atom is 0.268 e. The van der Waals surface area contributed by atoms with Crippen LogP contribution in [0.1, 0.15) is 12.7 Å². The highest BCUT2D eigenvalue weighted by Crippen LogP contribution is 2.31. The van der Waals surface area contributed by atoms with Crippen molar-refractivity contribution in [2.75, 3.05) is 6.61 Å². The standard InChI is InChI=1S/C23H18ClN5O2S2/c1-2-31-17-8-6-16(7-9-17)29-21(14-4-3-5-15(24)12-14)27-28-23(29)33-13-19-25-18-10-11-32-20(18)22(30)26-19/h3-12H,2,13H2,1H3,(H,25,26,30). The average molecular weight is 496 g/mol. The monoisotopic (exact) mass is 495 g/mol. The zero-order valence-corrected chi connectivity index (χ0v) is 19.9. The fraction of sp³-hybridized carbons (Fsp3) is 0.130. The van der Waals surface area contributed by atoms with Crippen LogP contribution >= 0.6 is 34.7 Å². The number of nitrogens with one attached hydrogen (secondary N) is 1. The van der Waals surface area contributed by atoms with E-state index in [0.29, 0.717) is 44.4 Å². The molecule has 2 aromatic carbocycles. The number of aromatic nitrogens is 5. The SMILES string of the molecule is CCOc1ccc(-n2c(SCc3nc4ccsc4c(=O)[nH]3)nnc2-c2cccc(Cl)c2)cc1. The molecule has 0 amide bonds. The molecular formula is C23H18ClN5O2S2. The number of rotatable bonds is 7. The number of benzene rings is 2. The Labute approximate surface area is 202 Å². The Kier molecular flexibility index (Phi) is 6.17. The molecule has 3 heterocycles. The maximum atomic E-state index is 12.3. The molecule has 5 aromatic rings. The molecule has 10 heteroatoms. The maximum absolute atomic E-state index is 12.3. The van der Waals surface area contributed by atoms with Gasteiger partial charge in [0.15, 0.2) is 11.0 Å². The van der Waals surface area contributed by atoms with Crippen LogP contribution in [0.3, 0.4) is 0 Å². The summed E-state index contributed by atoms with van der Waals surface area (Å²) in [6, 6.07) is 17.1. The van der Waals surface area contributed by atoms with E-state index in [4.69, 9.17) is 16.3 Å². The van der Waals surface area contributed by atoms with Crippen LogP contribution in [0.5, 0.6) is 5.75 Å². The lowest BCUT2D eigenvalue weighted by Gasteiger charge is -2.11. The lowest BCUT2D eigenvalue weighted by molar-refractivity contribution is 0.340. The van der Waals surface area contributed by atoms with Gasteiger partial charge in [-0.1, -0.05) is 35.5 Å². The highest BCUT2D eigenvalue weighted by molar-refractivity contribution is 7.98. The molecule has 7 nitrogen and oxygen atoms in total. The molecule has 0 aliphatic heterocycles. The third kappa shape index (κ3) is 4.52. The van der Waals surface area contributed by atoms with Crippen LogP contribution in [-0.4, -0.2) is 31.3 Å². The summed E-state index contributed by atoms with van der Waals surface area (Å²) in [6.45, 7) is 2.55. The number of hydrogen-bond acceptors (Lipinski definition) is 7. The number of hydrogen-bond donors (Lipinski definition) is 1. The number of ether oxygens (including phenoxy) is 1. The Morgan fingerprint density at radius 2 is 2.00 bits per heavy atom. The van der Waals surface area contributed by atoms with Crippen molar-refractivity contribution in [1.29, 1.82) is 0 Å². The first kappa shape index (κ1) is 21.7. The Hall–Kier alpha value is -3.14. The van der Waals surface area contributed by atoms with Gasteiger partial charge in [0.05, 0.1) is 17.9 Å². The molecule has 0 unspecified atom stereocenters. The van der Waals surface area contributed by atoms with Crippen molar-refractivity contribution in [3.05, 3.63) is 81.2 Å². The van der Waals surface area contributed by atoms with Gasteiger partial charge in [0, 0.05) is 16.3 Å². The van der Waals surface area contributed by atoms with Gasteiger partial charge in [0.25, 0.3) is 5.56 Å². The summed E-state index contributed by atoms with van der Waals surface area (Å²) in [5.41, 5.74) is 2.31. The number of thiophene rings is 1. The summed E-state index contributed by atoms with van der Waals surface area (Å²) >= 11 is 9.06. The van der Waals surface area contributed by atoms with Crippen LogP contribution in [0.2, 0.25) is 5.02 Å². The Morgan fingerprint density at radius 1 is 1.15 bits per heavy atom. The minimum Gasteiger partial charge on any atom is -0.494 e. The van der Waals surface area contributed by atoms with Crippen molar-refractivity contribution in [3.63, 3.8) is 0 Å². The normalized spacial score (nSPS) is 11.2. The van der Waals surface area contributed by atoms with Gasteiger partial charge >= 0.3 is 0 Å². The molecule has 0 atom stereocenters. The zero-order valence-electron chi connectivity index (χ0n) is 17.5.